The molecule has 3 N–H and O–H groups in total. The van der Waals surface area contributed by atoms with Gasteiger partial charge in [0.2, 0.25) is 10.0 Å². The first-order valence-electron chi connectivity index (χ1n) is 6.86. The lowest BCUT2D eigenvalue weighted by atomic mass is 10.1. The maximum absolute atomic E-state index is 13.8. The van der Waals surface area contributed by atoms with Crippen molar-refractivity contribution in [3.8, 4) is 0 Å². The van der Waals surface area contributed by atoms with Crippen LogP contribution in [0.1, 0.15) is 45.1 Å². The first-order chi connectivity index (χ1) is 9.27. The highest BCUT2D eigenvalue weighted by molar-refractivity contribution is 7.89. The van der Waals surface area contributed by atoms with Crippen LogP contribution in [0.15, 0.2) is 17.0 Å². The molecule has 0 saturated heterocycles. The number of hydrogen-bond donors (Lipinski definition) is 2. The van der Waals surface area contributed by atoms with Crippen LogP contribution in [0.3, 0.4) is 0 Å². The fourth-order valence-corrected chi connectivity index (χ4v) is 3.33. The van der Waals surface area contributed by atoms with E-state index in [2.05, 4.69) is 11.6 Å². The fourth-order valence-electron chi connectivity index (χ4n) is 1.96. The van der Waals surface area contributed by atoms with E-state index >= 15 is 0 Å². The number of halogens is 1. The normalized spacial score (nSPS) is 13.4. The van der Waals surface area contributed by atoms with Crippen molar-refractivity contribution in [2.45, 2.75) is 57.4 Å². The lowest BCUT2D eigenvalue weighted by Gasteiger charge is -2.15. The van der Waals surface area contributed by atoms with Crippen LogP contribution in [-0.4, -0.2) is 14.5 Å². The van der Waals surface area contributed by atoms with Gasteiger partial charge in [-0.1, -0.05) is 26.2 Å². The van der Waals surface area contributed by atoms with E-state index in [1.165, 1.54) is 6.07 Å². The number of hydrogen-bond acceptors (Lipinski definition) is 3. The van der Waals surface area contributed by atoms with Crippen molar-refractivity contribution in [3.63, 3.8) is 0 Å². The Morgan fingerprint density at radius 2 is 2.00 bits per heavy atom. The number of unbranched alkanes of at least 4 members (excludes halogenated alkanes) is 2. The topological polar surface area (TPSA) is 72.2 Å². The van der Waals surface area contributed by atoms with E-state index in [4.69, 9.17) is 5.73 Å². The smallest absolute Gasteiger partial charge is 0.243 e. The Bertz CT molecular complexity index is 559. The second-order valence-corrected chi connectivity index (χ2v) is 6.84. The minimum atomic E-state index is -3.87. The first kappa shape index (κ1) is 16.9. The van der Waals surface area contributed by atoms with Gasteiger partial charge in [-0.15, -0.1) is 0 Å². The summed E-state index contributed by atoms with van der Waals surface area (Å²) >= 11 is 0. The molecule has 0 radical (unpaired) electrons. The summed E-state index contributed by atoms with van der Waals surface area (Å²) in [4.78, 5) is -0.386. The van der Waals surface area contributed by atoms with Gasteiger partial charge in [-0.3, -0.25) is 0 Å². The van der Waals surface area contributed by atoms with Gasteiger partial charge in [0, 0.05) is 11.7 Å². The number of sulfonamides is 1. The molecule has 0 spiro atoms. The van der Waals surface area contributed by atoms with Crippen molar-refractivity contribution in [1.29, 1.82) is 0 Å². The summed E-state index contributed by atoms with van der Waals surface area (Å²) in [6.07, 6.45) is 3.80. The third-order valence-corrected chi connectivity index (χ3v) is 4.81. The summed E-state index contributed by atoms with van der Waals surface area (Å²) < 4.78 is 40.6. The number of nitrogens with two attached hydrogens (primary N) is 1. The molecule has 0 amide bonds. The van der Waals surface area contributed by atoms with E-state index < -0.39 is 15.8 Å². The molecule has 1 aromatic rings. The van der Waals surface area contributed by atoms with Crippen molar-refractivity contribution in [3.05, 3.63) is 23.5 Å². The molecule has 0 fully saturated rings. The van der Waals surface area contributed by atoms with Crippen molar-refractivity contribution in [2.24, 2.45) is 0 Å². The molecule has 1 aromatic carbocycles. The predicted octanol–water partition coefficient (Wildman–Crippen LogP) is 2.96. The van der Waals surface area contributed by atoms with E-state index in [9.17, 15) is 12.8 Å². The molecular weight excluding hydrogens is 279 g/mol. The number of rotatable bonds is 7. The van der Waals surface area contributed by atoms with Crippen LogP contribution in [0.2, 0.25) is 0 Å². The Hall–Kier alpha value is -1.14. The van der Waals surface area contributed by atoms with Crippen LogP contribution >= 0.6 is 0 Å². The molecule has 0 aliphatic carbocycles. The number of nitrogens with one attached hydrogen (secondary N) is 1. The minimum Gasteiger partial charge on any atom is -0.398 e. The third kappa shape index (κ3) is 4.45. The van der Waals surface area contributed by atoms with Gasteiger partial charge in [-0.05, 0) is 38.0 Å². The maximum Gasteiger partial charge on any atom is 0.243 e. The molecule has 6 heteroatoms. The first-order valence-corrected chi connectivity index (χ1v) is 8.34. The van der Waals surface area contributed by atoms with E-state index in [1.807, 2.05) is 0 Å². The summed E-state index contributed by atoms with van der Waals surface area (Å²) in [5.41, 5.74) is 6.45. The van der Waals surface area contributed by atoms with E-state index in [0.29, 0.717) is 5.56 Å². The SMILES string of the molecule is CCCCCC(C)NS(=O)(=O)c1cc(N)c(C)cc1F. The quantitative estimate of drug-likeness (QED) is 0.601. The minimum absolute atomic E-state index is 0.228. The summed E-state index contributed by atoms with van der Waals surface area (Å²) in [5, 5.41) is 0. The molecule has 0 aromatic heterocycles. The number of aryl methyl sites for hydroxylation is 1. The highest BCUT2D eigenvalue weighted by Gasteiger charge is 2.22. The standard InChI is InChI=1S/C14H23FN2O2S/c1-4-5-6-7-11(3)17-20(18,19)14-9-13(16)10(2)8-12(14)15/h8-9,11,17H,4-7,16H2,1-3H3. The monoisotopic (exact) mass is 302 g/mol. The Morgan fingerprint density at radius 3 is 2.60 bits per heavy atom. The van der Waals surface area contributed by atoms with Crippen molar-refractivity contribution in [1.82, 2.24) is 4.72 Å². The van der Waals surface area contributed by atoms with Crippen LogP contribution in [0.4, 0.5) is 10.1 Å². The molecule has 1 unspecified atom stereocenters. The van der Waals surface area contributed by atoms with Gasteiger partial charge in [0.1, 0.15) is 10.7 Å². The summed E-state index contributed by atoms with van der Waals surface area (Å²) in [5.74, 6) is -0.773. The molecule has 114 valence electrons. The summed E-state index contributed by atoms with van der Waals surface area (Å²) in [6, 6.07) is 2.09. The zero-order chi connectivity index (χ0) is 15.3. The fraction of sp³-hybridized carbons (Fsp3) is 0.571. The van der Waals surface area contributed by atoms with Crippen molar-refractivity contribution in [2.75, 3.05) is 5.73 Å². The molecule has 0 aliphatic rings. The molecule has 4 nitrogen and oxygen atoms in total. The van der Waals surface area contributed by atoms with Crippen LogP contribution in [0.5, 0.6) is 0 Å². The highest BCUT2D eigenvalue weighted by Crippen LogP contribution is 2.21. The van der Waals surface area contributed by atoms with E-state index in [1.54, 1.807) is 13.8 Å². The molecule has 0 aliphatic heterocycles. The summed E-state index contributed by atoms with van der Waals surface area (Å²) in [6.45, 7) is 5.50. The predicted molar refractivity (Wildman–Crippen MR) is 79.5 cm³/mol. The Morgan fingerprint density at radius 1 is 1.35 bits per heavy atom. The van der Waals surface area contributed by atoms with Crippen LogP contribution in [0.25, 0.3) is 0 Å². The molecule has 1 rings (SSSR count). The lowest BCUT2D eigenvalue weighted by molar-refractivity contribution is 0.519. The lowest BCUT2D eigenvalue weighted by Crippen LogP contribution is -2.33. The molecule has 0 saturated carbocycles. The zero-order valence-corrected chi connectivity index (χ0v) is 13.1. The van der Waals surface area contributed by atoms with Gasteiger partial charge in [0.15, 0.2) is 0 Å². The number of anilines is 1. The van der Waals surface area contributed by atoms with Gasteiger partial charge in [-0.25, -0.2) is 17.5 Å². The van der Waals surface area contributed by atoms with Gasteiger partial charge in [-0.2, -0.15) is 0 Å². The van der Waals surface area contributed by atoms with Crippen molar-refractivity contribution >= 4 is 15.7 Å². The van der Waals surface area contributed by atoms with Crippen LogP contribution in [-0.2, 0) is 10.0 Å². The molecule has 0 heterocycles. The Labute approximate surface area is 120 Å². The largest absolute Gasteiger partial charge is 0.398 e. The molecular formula is C14H23FN2O2S. The van der Waals surface area contributed by atoms with Gasteiger partial charge < -0.3 is 5.73 Å². The molecule has 20 heavy (non-hydrogen) atoms. The van der Waals surface area contributed by atoms with Crippen LogP contribution in [0, 0.1) is 12.7 Å². The van der Waals surface area contributed by atoms with Gasteiger partial charge in [0.05, 0.1) is 0 Å². The second kappa shape index (κ2) is 7.04. The highest BCUT2D eigenvalue weighted by atomic mass is 32.2. The Balaban J connectivity index is 2.86. The molecule has 0 bridgehead atoms. The van der Waals surface area contributed by atoms with E-state index in [-0.39, 0.29) is 16.6 Å². The second-order valence-electron chi connectivity index (χ2n) is 5.16. The van der Waals surface area contributed by atoms with Crippen molar-refractivity contribution < 1.29 is 12.8 Å². The van der Waals surface area contributed by atoms with Crippen LogP contribution < -0.4 is 10.5 Å². The number of benzene rings is 1. The average Bonchev–Trinajstić information content (AvgIpc) is 2.33. The third-order valence-electron chi connectivity index (χ3n) is 3.21. The zero-order valence-electron chi connectivity index (χ0n) is 12.2. The van der Waals surface area contributed by atoms with Gasteiger partial charge >= 0.3 is 0 Å². The number of nitrogen functional groups attached to an aromatic ring is 1. The average molecular weight is 302 g/mol. The maximum atomic E-state index is 13.8. The Kier molecular flexibility index (Phi) is 5.95. The van der Waals surface area contributed by atoms with Gasteiger partial charge in [0.25, 0.3) is 0 Å². The van der Waals surface area contributed by atoms with E-state index in [0.717, 1.165) is 31.7 Å². The summed E-state index contributed by atoms with van der Waals surface area (Å²) in [7, 11) is -3.87. The molecule has 1 atom stereocenters.